The molecule has 0 unspecified atom stereocenters. The third-order valence-corrected chi connectivity index (χ3v) is 5.89. The summed E-state index contributed by atoms with van der Waals surface area (Å²) in [5.74, 6) is -2.14. The fourth-order valence-electron chi connectivity index (χ4n) is 4.14. The monoisotopic (exact) mass is 460 g/mol. The van der Waals surface area contributed by atoms with E-state index >= 15 is 0 Å². The molecule has 1 aliphatic heterocycles. The number of hydrogen-bond acceptors (Lipinski definition) is 5. The standard InChI is InChI=1S/C23H20F4N4O2/c1-13-12-31(18-10-20(32)30(2)17-7-6-14(11-28)29-21(17)18)9-8-19(13)33-22-15(23(25,26)27)4-3-5-16(22)24/h3-7,10,13,19H,8-9,12H2,1-2H3/t13-,19-/m0/s1. The van der Waals surface area contributed by atoms with E-state index in [1.165, 1.54) is 16.7 Å². The second-order valence-electron chi connectivity index (χ2n) is 8.09. The maximum atomic E-state index is 14.2. The fraction of sp³-hybridized carbons (Fsp3) is 0.348. The number of fused-ring (bicyclic) bond motifs is 1. The molecule has 0 spiro atoms. The Hall–Kier alpha value is -3.61. The van der Waals surface area contributed by atoms with Crippen LogP contribution in [0, 0.1) is 23.1 Å². The third kappa shape index (κ3) is 4.23. The first-order chi connectivity index (χ1) is 15.6. The molecule has 2 aromatic heterocycles. The van der Waals surface area contributed by atoms with Crippen molar-refractivity contribution in [3.8, 4) is 11.8 Å². The van der Waals surface area contributed by atoms with E-state index in [1.807, 2.05) is 11.0 Å². The Morgan fingerprint density at radius 1 is 1.24 bits per heavy atom. The number of nitrogens with zero attached hydrogens (tertiary/aromatic N) is 4. The van der Waals surface area contributed by atoms with Gasteiger partial charge >= 0.3 is 6.18 Å². The maximum Gasteiger partial charge on any atom is 0.420 e. The van der Waals surface area contributed by atoms with Crippen molar-refractivity contribution < 1.29 is 22.3 Å². The summed E-state index contributed by atoms with van der Waals surface area (Å²) in [7, 11) is 1.61. The molecule has 3 heterocycles. The lowest BCUT2D eigenvalue weighted by Crippen LogP contribution is -2.45. The van der Waals surface area contributed by atoms with Gasteiger partial charge < -0.3 is 14.2 Å². The summed E-state index contributed by atoms with van der Waals surface area (Å²) in [5, 5.41) is 9.22. The molecule has 0 N–H and O–H groups in total. The molecule has 1 saturated heterocycles. The summed E-state index contributed by atoms with van der Waals surface area (Å²) in [5.41, 5.74) is 0.379. The zero-order valence-electron chi connectivity index (χ0n) is 17.9. The number of aromatic nitrogens is 2. The Morgan fingerprint density at radius 3 is 2.67 bits per heavy atom. The van der Waals surface area contributed by atoms with Gasteiger partial charge in [0.2, 0.25) is 0 Å². The lowest BCUT2D eigenvalue weighted by molar-refractivity contribution is -0.139. The van der Waals surface area contributed by atoms with Gasteiger partial charge in [0.15, 0.2) is 11.6 Å². The van der Waals surface area contributed by atoms with Gasteiger partial charge in [0.1, 0.15) is 28.9 Å². The quantitative estimate of drug-likeness (QED) is 0.547. The van der Waals surface area contributed by atoms with Crippen LogP contribution in [-0.2, 0) is 13.2 Å². The lowest BCUT2D eigenvalue weighted by atomic mass is 9.95. The number of aryl methyl sites for hydroxylation is 1. The molecule has 2 atom stereocenters. The highest BCUT2D eigenvalue weighted by Crippen LogP contribution is 2.39. The SMILES string of the molecule is C[C@H]1CN(c2cc(=O)n(C)c3ccc(C#N)nc23)CC[C@@H]1Oc1c(F)cccc1C(F)(F)F. The molecule has 1 aromatic carbocycles. The molecule has 0 saturated carbocycles. The van der Waals surface area contributed by atoms with Crippen LogP contribution in [0.25, 0.3) is 11.0 Å². The number of anilines is 1. The number of rotatable bonds is 3. The number of ether oxygens (including phenoxy) is 1. The van der Waals surface area contributed by atoms with E-state index in [-0.39, 0.29) is 17.2 Å². The summed E-state index contributed by atoms with van der Waals surface area (Å²) in [6.07, 6.45) is -5.09. The van der Waals surface area contributed by atoms with Crippen LogP contribution in [-0.4, -0.2) is 28.7 Å². The number of hydrogen-bond donors (Lipinski definition) is 0. The van der Waals surface area contributed by atoms with Gasteiger partial charge in [-0.15, -0.1) is 0 Å². The topological polar surface area (TPSA) is 71.2 Å². The van der Waals surface area contributed by atoms with E-state index in [4.69, 9.17) is 4.74 Å². The average Bonchev–Trinajstić information content (AvgIpc) is 2.77. The number of pyridine rings is 2. The van der Waals surface area contributed by atoms with Crippen molar-refractivity contribution in [3.63, 3.8) is 0 Å². The van der Waals surface area contributed by atoms with Crippen molar-refractivity contribution in [2.24, 2.45) is 13.0 Å². The first-order valence-electron chi connectivity index (χ1n) is 10.3. The predicted octanol–water partition coefficient (Wildman–Crippen LogP) is 4.26. The van der Waals surface area contributed by atoms with Gasteiger partial charge in [-0.05, 0) is 24.3 Å². The van der Waals surface area contributed by atoms with Crippen LogP contribution in [0.15, 0.2) is 41.2 Å². The van der Waals surface area contributed by atoms with Crippen molar-refractivity contribution in [1.82, 2.24) is 9.55 Å². The fourth-order valence-corrected chi connectivity index (χ4v) is 4.14. The lowest BCUT2D eigenvalue weighted by Gasteiger charge is -2.38. The Labute approximate surface area is 186 Å². The molecule has 1 aliphatic rings. The summed E-state index contributed by atoms with van der Waals surface area (Å²) in [4.78, 5) is 18.7. The molecule has 3 aromatic rings. The minimum Gasteiger partial charge on any atom is -0.486 e. The van der Waals surface area contributed by atoms with Gasteiger partial charge in [0, 0.05) is 38.5 Å². The van der Waals surface area contributed by atoms with Gasteiger partial charge in [0.25, 0.3) is 5.56 Å². The molecule has 1 fully saturated rings. The van der Waals surface area contributed by atoms with E-state index in [1.54, 1.807) is 20.0 Å². The predicted molar refractivity (Wildman–Crippen MR) is 114 cm³/mol. The largest absolute Gasteiger partial charge is 0.486 e. The van der Waals surface area contributed by atoms with Crippen LogP contribution in [0.4, 0.5) is 23.2 Å². The highest BCUT2D eigenvalue weighted by atomic mass is 19.4. The van der Waals surface area contributed by atoms with Gasteiger partial charge in [0.05, 0.1) is 11.2 Å². The van der Waals surface area contributed by atoms with Gasteiger partial charge in [-0.25, -0.2) is 9.37 Å². The molecule has 172 valence electrons. The van der Waals surface area contributed by atoms with Crippen LogP contribution >= 0.6 is 0 Å². The van der Waals surface area contributed by atoms with Crippen molar-refractivity contribution in [2.45, 2.75) is 25.6 Å². The second-order valence-corrected chi connectivity index (χ2v) is 8.09. The molecular weight excluding hydrogens is 440 g/mol. The molecule has 33 heavy (non-hydrogen) atoms. The maximum absolute atomic E-state index is 14.2. The summed E-state index contributed by atoms with van der Waals surface area (Å²) < 4.78 is 61.2. The molecule has 10 heteroatoms. The van der Waals surface area contributed by atoms with Crippen LogP contribution in [0.2, 0.25) is 0 Å². The van der Waals surface area contributed by atoms with Crippen LogP contribution < -0.4 is 15.2 Å². The number of benzene rings is 1. The van der Waals surface area contributed by atoms with Crippen molar-refractivity contribution in [2.75, 3.05) is 18.0 Å². The normalized spacial score (nSPS) is 18.9. The summed E-state index contributed by atoms with van der Waals surface area (Å²) in [6, 6.07) is 9.34. The minimum absolute atomic E-state index is 0.202. The zero-order chi connectivity index (χ0) is 23.9. The van der Waals surface area contributed by atoms with Crippen LogP contribution in [0.5, 0.6) is 5.75 Å². The van der Waals surface area contributed by atoms with Crippen LogP contribution in [0.1, 0.15) is 24.6 Å². The van der Waals surface area contributed by atoms with Crippen molar-refractivity contribution in [1.29, 1.82) is 5.26 Å². The van der Waals surface area contributed by atoms with Crippen molar-refractivity contribution in [3.05, 3.63) is 63.8 Å². The minimum atomic E-state index is -4.74. The number of nitriles is 1. The Kier molecular flexibility index (Phi) is 5.74. The van der Waals surface area contributed by atoms with E-state index < -0.39 is 29.4 Å². The van der Waals surface area contributed by atoms with Gasteiger partial charge in [-0.3, -0.25) is 4.79 Å². The van der Waals surface area contributed by atoms with Gasteiger partial charge in [-0.2, -0.15) is 18.4 Å². The number of para-hydroxylation sites is 1. The smallest absolute Gasteiger partial charge is 0.420 e. The van der Waals surface area contributed by atoms with Gasteiger partial charge in [-0.1, -0.05) is 13.0 Å². The number of alkyl halides is 3. The summed E-state index contributed by atoms with van der Waals surface area (Å²) in [6.45, 7) is 2.50. The zero-order valence-corrected chi connectivity index (χ0v) is 17.9. The Bertz CT molecular complexity index is 1310. The molecule has 0 bridgehead atoms. The van der Waals surface area contributed by atoms with E-state index in [0.29, 0.717) is 36.2 Å². The average molecular weight is 460 g/mol. The third-order valence-electron chi connectivity index (χ3n) is 5.89. The highest BCUT2D eigenvalue weighted by molar-refractivity contribution is 5.88. The molecular formula is C23H20F4N4O2. The van der Waals surface area contributed by atoms with E-state index in [9.17, 15) is 27.6 Å². The van der Waals surface area contributed by atoms with Crippen LogP contribution in [0.3, 0.4) is 0 Å². The number of piperidine rings is 1. The number of halogens is 4. The summed E-state index contributed by atoms with van der Waals surface area (Å²) >= 11 is 0. The second kappa shape index (κ2) is 8.39. The molecule has 0 aliphatic carbocycles. The van der Waals surface area contributed by atoms with E-state index in [2.05, 4.69) is 4.98 Å². The molecule has 0 amide bonds. The Balaban J connectivity index is 1.63. The highest BCUT2D eigenvalue weighted by Gasteiger charge is 2.38. The first kappa shape index (κ1) is 22.6. The van der Waals surface area contributed by atoms with Crippen molar-refractivity contribution >= 4 is 16.7 Å². The Morgan fingerprint density at radius 2 is 2.00 bits per heavy atom. The van der Waals surface area contributed by atoms with E-state index in [0.717, 1.165) is 18.2 Å². The first-order valence-corrected chi connectivity index (χ1v) is 10.3. The molecule has 6 nitrogen and oxygen atoms in total. The molecule has 0 radical (unpaired) electrons. The molecule has 4 rings (SSSR count).